The van der Waals surface area contributed by atoms with E-state index in [0.29, 0.717) is 6.42 Å². The lowest BCUT2D eigenvalue weighted by atomic mass is 10.2. The third kappa shape index (κ3) is 3.26. The van der Waals surface area contributed by atoms with Crippen LogP contribution < -0.4 is 5.73 Å². The summed E-state index contributed by atoms with van der Waals surface area (Å²) in [5, 5.41) is 0. The fraction of sp³-hybridized carbons (Fsp3) is 0.231. The lowest BCUT2D eigenvalue weighted by molar-refractivity contribution is -0.108. The van der Waals surface area contributed by atoms with Crippen molar-refractivity contribution in [1.82, 2.24) is 9.55 Å². The van der Waals surface area contributed by atoms with Gasteiger partial charge in [-0.05, 0) is 5.56 Å². The molecule has 0 aliphatic carbocycles. The summed E-state index contributed by atoms with van der Waals surface area (Å²) in [5.74, 6) is 0. The molecule has 1 heterocycles. The molecule has 0 amide bonds. The van der Waals surface area contributed by atoms with Crippen molar-refractivity contribution in [2.75, 3.05) is 0 Å². The van der Waals surface area contributed by atoms with E-state index >= 15 is 0 Å². The van der Waals surface area contributed by atoms with E-state index in [2.05, 4.69) is 17.1 Å². The van der Waals surface area contributed by atoms with Crippen molar-refractivity contribution in [3.63, 3.8) is 0 Å². The van der Waals surface area contributed by atoms with Crippen LogP contribution in [-0.2, 0) is 17.8 Å². The van der Waals surface area contributed by atoms with E-state index in [9.17, 15) is 4.79 Å². The van der Waals surface area contributed by atoms with Crippen molar-refractivity contribution in [2.24, 2.45) is 5.73 Å². The van der Waals surface area contributed by atoms with E-state index in [4.69, 9.17) is 5.73 Å². The van der Waals surface area contributed by atoms with Gasteiger partial charge in [-0.1, -0.05) is 30.3 Å². The van der Waals surface area contributed by atoms with Crippen LogP contribution in [0.4, 0.5) is 0 Å². The number of benzene rings is 1. The van der Waals surface area contributed by atoms with Gasteiger partial charge in [-0.2, -0.15) is 0 Å². The second-order valence-corrected chi connectivity index (χ2v) is 4.03. The highest BCUT2D eigenvalue weighted by Gasteiger charge is 2.05. The van der Waals surface area contributed by atoms with Crippen molar-refractivity contribution in [2.45, 2.75) is 19.0 Å². The number of aldehydes is 1. The van der Waals surface area contributed by atoms with Crippen LogP contribution in [0.3, 0.4) is 0 Å². The molecule has 0 unspecified atom stereocenters. The molecule has 1 atom stereocenters. The molecule has 0 fully saturated rings. The van der Waals surface area contributed by atoms with Gasteiger partial charge in [0, 0.05) is 19.2 Å². The summed E-state index contributed by atoms with van der Waals surface area (Å²) in [6.07, 6.45) is 4.93. The third-order valence-electron chi connectivity index (χ3n) is 2.51. The van der Waals surface area contributed by atoms with E-state index in [0.717, 1.165) is 18.5 Å². The second kappa shape index (κ2) is 5.41. The number of nitrogens with zero attached hydrogens (tertiary/aromatic N) is 2. The summed E-state index contributed by atoms with van der Waals surface area (Å²) in [6.45, 7) is 0.782. The smallest absolute Gasteiger partial charge is 0.137 e. The van der Waals surface area contributed by atoms with Gasteiger partial charge in [-0.25, -0.2) is 4.98 Å². The number of carbonyl (C=O) groups excluding carboxylic acids is 1. The molecule has 0 saturated heterocycles. The standard InChI is InChI=1S/C13H15N3O/c14-12(9-17)6-13-8-16(10-15-13)7-11-4-2-1-3-5-11/h1-5,8-10,12H,6-7,14H2/t12-/m0/s1. The molecule has 1 aromatic carbocycles. The van der Waals surface area contributed by atoms with Gasteiger partial charge in [-0.3, -0.25) is 0 Å². The molecule has 0 radical (unpaired) electrons. The first-order valence-corrected chi connectivity index (χ1v) is 5.53. The Morgan fingerprint density at radius 1 is 1.35 bits per heavy atom. The Labute approximate surface area is 100 Å². The molecule has 0 aliphatic heterocycles. The number of hydrogen-bond acceptors (Lipinski definition) is 3. The van der Waals surface area contributed by atoms with Gasteiger partial charge in [0.15, 0.2) is 0 Å². The van der Waals surface area contributed by atoms with E-state index in [1.165, 1.54) is 5.56 Å². The molecule has 2 aromatic rings. The maximum Gasteiger partial charge on any atom is 0.137 e. The minimum Gasteiger partial charge on any atom is -0.333 e. The van der Waals surface area contributed by atoms with Crippen LogP contribution >= 0.6 is 0 Å². The van der Waals surface area contributed by atoms with Crippen LogP contribution in [0, 0.1) is 0 Å². The van der Waals surface area contributed by atoms with Gasteiger partial charge >= 0.3 is 0 Å². The molecule has 0 saturated carbocycles. The fourth-order valence-corrected chi connectivity index (χ4v) is 1.68. The number of rotatable bonds is 5. The predicted octanol–water partition coefficient (Wildman–Crippen LogP) is 1.00. The van der Waals surface area contributed by atoms with Crippen LogP contribution in [0.2, 0.25) is 0 Å². The van der Waals surface area contributed by atoms with Crippen LogP contribution in [0.25, 0.3) is 0 Å². The van der Waals surface area contributed by atoms with Crippen molar-refractivity contribution in [3.8, 4) is 0 Å². The lowest BCUT2D eigenvalue weighted by Gasteiger charge is -2.02. The summed E-state index contributed by atoms with van der Waals surface area (Å²) >= 11 is 0. The van der Waals surface area contributed by atoms with Crippen LogP contribution in [0.5, 0.6) is 0 Å². The van der Waals surface area contributed by atoms with Crippen LogP contribution in [0.15, 0.2) is 42.9 Å². The molecule has 4 nitrogen and oxygen atoms in total. The second-order valence-electron chi connectivity index (χ2n) is 4.03. The van der Waals surface area contributed by atoms with Gasteiger partial charge in [0.25, 0.3) is 0 Å². The first-order chi connectivity index (χ1) is 8.28. The first kappa shape index (κ1) is 11.5. The fourth-order valence-electron chi connectivity index (χ4n) is 1.68. The Bertz CT molecular complexity index is 478. The van der Waals surface area contributed by atoms with Gasteiger partial charge in [0.1, 0.15) is 6.29 Å². The summed E-state index contributed by atoms with van der Waals surface area (Å²) in [7, 11) is 0. The number of imidazole rings is 1. The zero-order valence-corrected chi connectivity index (χ0v) is 9.49. The molecule has 4 heteroatoms. The largest absolute Gasteiger partial charge is 0.333 e. The Balaban J connectivity index is 2.01. The molecule has 0 spiro atoms. The minimum atomic E-state index is -0.463. The summed E-state index contributed by atoms with van der Waals surface area (Å²) in [4.78, 5) is 14.7. The topological polar surface area (TPSA) is 60.9 Å². The van der Waals surface area contributed by atoms with Crippen molar-refractivity contribution < 1.29 is 4.79 Å². The molecule has 2 rings (SSSR count). The molecule has 0 bridgehead atoms. The highest BCUT2D eigenvalue weighted by Crippen LogP contribution is 2.04. The minimum absolute atomic E-state index is 0.463. The monoisotopic (exact) mass is 229 g/mol. The Kier molecular flexibility index (Phi) is 3.67. The maximum absolute atomic E-state index is 10.4. The molecule has 1 aromatic heterocycles. The third-order valence-corrected chi connectivity index (χ3v) is 2.51. The van der Waals surface area contributed by atoms with Crippen molar-refractivity contribution in [1.29, 1.82) is 0 Å². The van der Waals surface area contributed by atoms with Crippen molar-refractivity contribution >= 4 is 6.29 Å². The molecular weight excluding hydrogens is 214 g/mol. The lowest BCUT2D eigenvalue weighted by Crippen LogP contribution is -2.24. The normalized spacial score (nSPS) is 12.3. The van der Waals surface area contributed by atoms with E-state index in [1.807, 2.05) is 29.0 Å². The number of nitrogens with two attached hydrogens (primary N) is 1. The molecule has 17 heavy (non-hydrogen) atoms. The number of hydrogen-bond donors (Lipinski definition) is 1. The SMILES string of the molecule is N[C@H](C=O)Cc1cn(Cc2ccccc2)cn1. The van der Waals surface area contributed by atoms with E-state index in [-0.39, 0.29) is 0 Å². The molecular formula is C13H15N3O. The zero-order valence-electron chi connectivity index (χ0n) is 9.49. The zero-order chi connectivity index (χ0) is 12.1. The van der Waals surface area contributed by atoms with Crippen LogP contribution in [0.1, 0.15) is 11.3 Å². The molecule has 2 N–H and O–H groups in total. The Hall–Kier alpha value is -1.94. The maximum atomic E-state index is 10.4. The summed E-state index contributed by atoms with van der Waals surface area (Å²) in [6, 6.07) is 9.68. The van der Waals surface area contributed by atoms with Gasteiger partial charge in [0.05, 0.1) is 18.1 Å². The quantitative estimate of drug-likeness (QED) is 0.778. The first-order valence-electron chi connectivity index (χ1n) is 5.53. The van der Waals surface area contributed by atoms with E-state index < -0.39 is 6.04 Å². The van der Waals surface area contributed by atoms with Gasteiger partial charge in [-0.15, -0.1) is 0 Å². The Morgan fingerprint density at radius 3 is 2.82 bits per heavy atom. The Morgan fingerprint density at radius 2 is 2.12 bits per heavy atom. The average molecular weight is 229 g/mol. The highest BCUT2D eigenvalue weighted by atomic mass is 16.1. The number of aromatic nitrogens is 2. The van der Waals surface area contributed by atoms with Crippen LogP contribution in [-0.4, -0.2) is 21.9 Å². The summed E-state index contributed by atoms with van der Waals surface area (Å²) in [5.41, 5.74) is 7.62. The summed E-state index contributed by atoms with van der Waals surface area (Å²) < 4.78 is 1.99. The van der Waals surface area contributed by atoms with Gasteiger partial charge in [0.2, 0.25) is 0 Å². The molecule has 88 valence electrons. The highest BCUT2D eigenvalue weighted by molar-refractivity contribution is 5.57. The van der Waals surface area contributed by atoms with E-state index in [1.54, 1.807) is 6.33 Å². The van der Waals surface area contributed by atoms with Gasteiger partial charge < -0.3 is 15.1 Å². The average Bonchev–Trinajstić information content (AvgIpc) is 2.77. The van der Waals surface area contributed by atoms with Crippen molar-refractivity contribution in [3.05, 3.63) is 54.1 Å². The predicted molar refractivity (Wildman–Crippen MR) is 65.5 cm³/mol. The number of carbonyl (C=O) groups is 1. The molecule has 0 aliphatic rings.